The molecule has 0 saturated heterocycles. The van der Waals surface area contributed by atoms with Crippen LogP contribution >= 0.6 is 0 Å². The molecule has 35 heavy (non-hydrogen) atoms. The summed E-state index contributed by atoms with van der Waals surface area (Å²) in [6, 6.07) is 9.35. The number of carbonyl (C=O) groups is 2. The van der Waals surface area contributed by atoms with Crippen molar-refractivity contribution in [3.63, 3.8) is 0 Å². The summed E-state index contributed by atoms with van der Waals surface area (Å²) in [6.07, 6.45) is 6.27. The second-order valence-corrected chi connectivity index (χ2v) is 6.86. The summed E-state index contributed by atoms with van der Waals surface area (Å²) in [6.45, 7) is 0.0470. The van der Waals surface area contributed by atoms with Crippen LogP contribution < -0.4 is 14.2 Å². The molecule has 2 aromatic rings. The lowest BCUT2D eigenvalue weighted by atomic mass is 10.2. The zero-order chi connectivity index (χ0) is 25.6. The largest absolute Gasteiger partial charge is 0.504 e. The zero-order valence-electron chi connectivity index (χ0n) is 19.2. The predicted octanol–water partition coefficient (Wildman–Crippen LogP) is 3.57. The molecule has 0 heterocycles. The molecule has 0 unspecified atom stereocenters. The van der Waals surface area contributed by atoms with Crippen molar-refractivity contribution in [3.8, 4) is 23.0 Å². The number of esters is 2. The van der Waals surface area contributed by atoms with Gasteiger partial charge in [-0.1, -0.05) is 12.1 Å². The maximum absolute atomic E-state index is 12.2. The first-order valence-electron chi connectivity index (χ1n) is 10.4. The third-order valence-electron chi connectivity index (χ3n) is 4.41. The molecule has 0 saturated carbocycles. The highest BCUT2D eigenvalue weighted by molar-refractivity contribution is 5.89. The van der Waals surface area contributed by atoms with E-state index in [-0.39, 0.29) is 36.2 Å². The number of unbranched alkanes of at least 4 members (excludes halogenated alkanes) is 1. The van der Waals surface area contributed by atoms with Gasteiger partial charge in [0.05, 0.1) is 27.4 Å². The summed E-state index contributed by atoms with van der Waals surface area (Å²) in [5.41, 5.74) is 1.23. The van der Waals surface area contributed by atoms with Crippen LogP contribution in [0, 0.1) is 10.1 Å². The van der Waals surface area contributed by atoms with Gasteiger partial charge in [0, 0.05) is 12.2 Å². The van der Waals surface area contributed by atoms with E-state index in [1.807, 2.05) is 0 Å². The number of carbonyl (C=O) groups excluding carboxylic acids is 2. The SMILES string of the molecule is COc1cc(/C=C/C(=O)Oc2ccc(/C=C/C(=O)OCCCCO[N+](=O)[O-])cc2OC)ccc1O. The molecule has 0 spiro atoms. The molecule has 0 aliphatic rings. The minimum Gasteiger partial charge on any atom is -0.504 e. The van der Waals surface area contributed by atoms with Crippen molar-refractivity contribution >= 4 is 24.1 Å². The van der Waals surface area contributed by atoms with E-state index in [4.69, 9.17) is 18.9 Å². The Morgan fingerprint density at radius 3 is 2.14 bits per heavy atom. The molecule has 2 rings (SSSR count). The van der Waals surface area contributed by atoms with Gasteiger partial charge in [-0.2, -0.15) is 0 Å². The molecule has 0 aromatic heterocycles. The number of phenols is 1. The summed E-state index contributed by atoms with van der Waals surface area (Å²) >= 11 is 0. The van der Waals surface area contributed by atoms with Gasteiger partial charge in [0.2, 0.25) is 0 Å². The summed E-state index contributed by atoms with van der Waals surface area (Å²) in [4.78, 5) is 38.2. The highest BCUT2D eigenvalue weighted by Gasteiger charge is 2.09. The van der Waals surface area contributed by atoms with Gasteiger partial charge in [0.1, 0.15) is 0 Å². The van der Waals surface area contributed by atoms with E-state index in [1.54, 1.807) is 24.3 Å². The number of methoxy groups -OCH3 is 2. The summed E-state index contributed by atoms with van der Waals surface area (Å²) in [7, 11) is 2.83. The van der Waals surface area contributed by atoms with Crippen LogP contribution in [0.15, 0.2) is 48.6 Å². The standard InChI is InChI=1S/C24H25NO10/c1-31-21-15-17(5-9-19(21)26)8-12-24(28)35-20-10-6-18(16-22(20)32-2)7-11-23(27)33-13-3-4-14-34-25(29)30/h5-12,15-16,26H,3-4,13-14H2,1-2H3/b11-7+,12-8+. The molecule has 186 valence electrons. The van der Waals surface area contributed by atoms with Crippen LogP contribution in [-0.2, 0) is 19.2 Å². The first kappa shape index (κ1) is 26.7. The molecule has 0 amide bonds. The smallest absolute Gasteiger partial charge is 0.336 e. The molecule has 0 fully saturated rings. The fourth-order valence-corrected chi connectivity index (χ4v) is 2.71. The minimum atomic E-state index is -0.874. The van der Waals surface area contributed by atoms with E-state index in [0.717, 1.165) is 0 Å². The van der Waals surface area contributed by atoms with Crippen LogP contribution in [0.25, 0.3) is 12.2 Å². The molecule has 0 atom stereocenters. The quantitative estimate of drug-likeness (QED) is 0.111. The lowest BCUT2D eigenvalue weighted by molar-refractivity contribution is -0.757. The molecule has 11 nitrogen and oxygen atoms in total. The average Bonchev–Trinajstić information content (AvgIpc) is 2.84. The van der Waals surface area contributed by atoms with Crippen molar-refractivity contribution in [2.24, 2.45) is 0 Å². The summed E-state index contributed by atoms with van der Waals surface area (Å²) < 4.78 is 20.6. The number of hydrogen-bond donors (Lipinski definition) is 1. The van der Waals surface area contributed by atoms with Crippen LogP contribution in [0.1, 0.15) is 24.0 Å². The molecule has 1 N–H and O–H groups in total. The van der Waals surface area contributed by atoms with Gasteiger partial charge in [0.25, 0.3) is 5.09 Å². The fraction of sp³-hybridized carbons (Fsp3) is 0.250. The number of ether oxygens (including phenoxy) is 4. The Morgan fingerprint density at radius 2 is 1.49 bits per heavy atom. The second-order valence-electron chi connectivity index (χ2n) is 6.86. The Balaban J connectivity index is 1.90. The average molecular weight is 487 g/mol. The minimum absolute atomic E-state index is 0.0142. The highest BCUT2D eigenvalue weighted by atomic mass is 16.9. The predicted molar refractivity (Wildman–Crippen MR) is 124 cm³/mol. The van der Waals surface area contributed by atoms with E-state index in [2.05, 4.69) is 4.84 Å². The molecular weight excluding hydrogens is 462 g/mol. The van der Waals surface area contributed by atoms with Gasteiger partial charge in [-0.25, -0.2) is 9.59 Å². The number of nitrogens with zero attached hydrogens (tertiary/aromatic N) is 1. The maximum Gasteiger partial charge on any atom is 0.336 e. The summed E-state index contributed by atoms with van der Waals surface area (Å²) in [5, 5.41) is 18.8. The van der Waals surface area contributed by atoms with Gasteiger partial charge in [-0.3, -0.25) is 0 Å². The summed E-state index contributed by atoms with van der Waals surface area (Å²) in [5.74, 6) is -0.505. The third kappa shape index (κ3) is 9.46. The molecule has 0 aliphatic carbocycles. The van der Waals surface area contributed by atoms with Crippen LogP contribution in [0.3, 0.4) is 0 Å². The Kier molecular flexibility index (Phi) is 10.6. The van der Waals surface area contributed by atoms with Crippen molar-refractivity contribution in [2.45, 2.75) is 12.8 Å². The van der Waals surface area contributed by atoms with Gasteiger partial charge < -0.3 is 28.9 Å². The topological polar surface area (TPSA) is 144 Å². The number of rotatable bonds is 13. The van der Waals surface area contributed by atoms with Crippen molar-refractivity contribution in [1.29, 1.82) is 0 Å². The van der Waals surface area contributed by atoms with E-state index in [0.29, 0.717) is 24.0 Å². The number of aromatic hydroxyl groups is 1. The van der Waals surface area contributed by atoms with Crippen LogP contribution in [0.2, 0.25) is 0 Å². The zero-order valence-corrected chi connectivity index (χ0v) is 19.2. The first-order chi connectivity index (χ1) is 16.8. The number of phenolic OH excluding ortho intramolecular Hbond substituents is 1. The van der Waals surface area contributed by atoms with Crippen molar-refractivity contribution < 1.29 is 43.6 Å². The lowest BCUT2D eigenvalue weighted by Gasteiger charge is -2.09. The third-order valence-corrected chi connectivity index (χ3v) is 4.41. The molecule has 11 heteroatoms. The van der Waals surface area contributed by atoms with Crippen molar-refractivity contribution in [1.82, 2.24) is 0 Å². The Hall–Kier alpha value is -4.54. The van der Waals surface area contributed by atoms with Crippen LogP contribution in [0.5, 0.6) is 23.0 Å². The van der Waals surface area contributed by atoms with E-state index >= 15 is 0 Å². The highest BCUT2D eigenvalue weighted by Crippen LogP contribution is 2.29. The van der Waals surface area contributed by atoms with Gasteiger partial charge in [-0.15, -0.1) is 10.1 Å². The van der Waals surface area contributed by atoms with Crippen LogP contribution in [-0.4, -0.2) is 49.6 Å². The Labute approximate surface area is 201 Å². The number of hydrogen-bond acceptors (Lipinski definition) is 10. The second kappa shape index (κ2) is 13.9. The molecule has 0 radical (unpaired) electrons. The number of benzene rings is 2. The fourth-order valence-electron chi connectivity index (χ4n) is 2.71. The van der Waals surface area contributed by atoms with E-state index < -0.39 is 17.0 Å². The molecule has 2 aromatic carbocycles. The van der Waals surface area contributed by atoms with Crippen LogP contribution in [0.4, 0.5) is 0 Å². The Morgan fingerprint density at radius 1 is 0.886 bits per heavy atom. The van der Waals surface area contributed by atoms with Gasteiger partial charge >= 0.3 is 11.9 Å². The molecule has 0 aliphatic heterocycles. The van der Waals surface area contributed by atoms with Gasteiger partial charge in [-0.05, 0) is 60.4 Å². The maximum atomic E-state index is 12.2. The van der Waals surface area contributed by atoms with E-state index in [1.165, 1.54) is 50.7 Å². The van der Waals surface area contributed by atoms with Crippen molar-refractivity contribution in [2.75, 3.05) is 27.4 Å². The van der Waals surface area contributed by atoms with E-state index in [9.17, 15) is 24.8 Å². The molecular formula is C24H25NO10. The molecule has 0 bridgehead atoms. The monoisotopic (exact) mass is 487 g/mol. The van der Waals surface area contributed by atoms with Crippen molar-refractivity contribution in [3.05, 3.63) is 69.8 Å². The normalized spacial score (nSPS) is 10.8. The van der Waals surface area contributed by atoms with Gasteiger partial charge in [0.15, 0.2) is 23.0 Å². The lowest BCUT2D eigenvalue weighted by Crippen LogP contribution is -2.06. The Bertz CT molecular complexity index is 1090. The first-order valence-corrected chi connectivity index (χ1v) is 10.4.